The maximum Gasteiger partial charge on any atom is 0.187 e. The minimum atomic E-state index is 0.614. The monoisotopic (exact) mass is 225 g/mol. The van der Waals surface area contributed by atoms with Crippen LogP contribution in [0.3, 0.4) is 0 Å². The maximum absolute atomic E-state index is 5.14. The van der Waals surface area contributed by atoms with Crippen LogP contribution in [-0.4, -0.2) is 31.3 Å². The van der Waals surface area contributed by atoms with Crippen molar-refractivity contribution in [3.63, 3.8) is 0 Å². The van der Waals surface area contributed by atoms with Crippen molar-refractivity contribution in [2.45, 2.75) is 0 Å². The summed E-state index contributed by atoms with van der Waals surface area (Å²) in [5.74, 6) is 0.827. The van der Waals surface area contributed by atoms with Gasteiger partial charge in [0.05, 0.1) is 7.11 Å². The van der Waals surface area contributed by atoms with Crippen molar-refractivity contribution in [2.75, 3.05) is 26.5 Å². The Bertz CT molecular complexity index is 326. The van der Waals surface area contributed by atoms with Gasteiger partial charge >= 0.3 is 0 Å². The van der Waals surface area contributed by atoms with E-state index in [1.807, 2.05) is 38.4 Å². The first-order valence-corrected chi connectivity index (χ1v) is 4.94. The van der Waals surface area contributed by atoms with Crippen LogP contribution in [0.25, 0.3) is 0 Å². The second-order valence-corrected chi connectivity index (χ2v) is 3.33. The number of nitrogens with one attached hydrogen (secondary N) is 2. The molecule has 82 valence electrons. The van der Waals surface area contributed by atoms with Crippen molar-refractivity contribution in [3.8, 4) is 5.75 Å². The number of rotatable bonds is 3. The summed E-state index contributed by atoms with van der Waals surface area (Å²) in [4.78, 5) is 0. The molecule has 4 nitrogen and oxygen atoms in total. The summed E-state index contributed by atoms with van der Waals surface area (Å²) in [5.41, 5.74) is 3.85. The van der Waals surface area contributed by atoms with Gasteiger partial charge in [-0.15, -0.1) is 0 Å². The Kier molecular flexibility index (Phi) is 4.33. The predicted octanol–water partition coefficient (Wildman–Crippen LogP) is 1.46. The minimum Gasteiger partial charge on any atom is -0.497 e. The van der Waals surface area contributed by atoms with Crippen LogP contribution in [0.15, 0.2) is 24.3 Å². The lowest BCUT2D eigenvalue weighted by Crippen LogP contribution is -2.39. The highest BCUT2D eigenvalue weighted by atomic mass is 32.1. The van der Waals surface area contributed by atoms with Crippen LogP contribution in [0.5, 0.6) is 5.75 Å². The summed E-state index contributed by atoms with van der Waals surface area (Å²) in [6.07, 6.45) is 0. The number of thiocarbonyl (C=S) groups is 1. The molecule has 0 heterocycles. The van der Waals surface area contributed by atoms with Crippen molar-refractivity contribution >= 4 is 23.0 Å². The molecule has 1 aromatic carbocycles. The van der Waals surface area contributed by atoms with Crippen LogP contribution < -0.4 is 15.5 Å². The van der Waals surface area contributed by atoms with Gasteiger partial charge in [-0.05, 0) is 36.5 Å². The number of nitrogens with zero attached hydrogens (tertiary/aromatic N) is 1. The molecular formula is C10H15N3OS. The van der Waals surface area contributed by atoms with Crippen LogP contribution in [0.4, 0.5) is 5.69 Å². The Morgan fingerprint density at radius 1 is 1.33 bits per heavy atom. The van der Waals surface area contributed by atoms with Crippen molar-refractivity contribution in [1.82, 2.24) is 10.4 Å². The minimum absolute atomic E-state index is 0.614. The average molecular weight is 225 g/mol. The highest BCUT2D eigenvalue weighted by Crippen LogP contribution is 2.14. The van der Waals surface area contributed by atoms with Gasteiger partial charge in [0, 0.05) is 19.8 Å². The summed E-state index contributed by atoms with van der Waals surface area (Å²) >= 11 is 5.14. The van der Waals surface area contributed by atoms with Gasteiger partial charge in [-0.3, -0.25) is 5.01 Å². The summed E-state index contributed by atoms with van der Waals surface area (Å²) in [6.45, 7) is 0. The van der Waals surface area contributed by atoms with Gasteiger partial charge in [-0.2, -0.15) is 0 Å². The van der Waals surface area contributed by atoms with Crippen LogP contribution in [0.2, 0.25) is 0 Å². The number of ether oxygens (including phenoxy) is 1. The number of methoxy groups -OCH3 is 1. The van der Waals surface area contributed by atoms with E-state index >= 15 is 0 Å². The lowest BCUT2D eigenvalue weighted by molar-refractivity contribution is 0.414. The summed E-state index contributed by atoms with van der Waals surface area (Å²) in [7, 11) is 5.29. The molecule has 5 heteroatoms. The largest absolute Gasteiger partial charge is 0.497 e. The topological polar surface area (TPSA) is 36.5 Å². The fraction of sp³-hybridized carbons (Fsp3) is 0.300. The molecule has 0 atom stereocenters. The second kappa shape index (κ2) is 5.53. The fourth-order valence-electron chi connectivity index (χ4n) is 0.983. The Morgan fingerprint density at radius 2 is 1.93 bits per heavy atom. The molecule has 0 unspecified atom stereocenters. The average Bonchev–Trinajstić information content (AvgIpc) is 2.29. The molecule has 0 radical (unpaired) electrons. The van der Waals surface area contributed by atoms with E-state index < -0.39 is 0 Å². The third-order valence-electron chi connectivity index (χ3n) is 1.98. The van der Waals surface area contributed by atoms with Gasteiger partial charge in [0.1, 0.15) is 5.75 Å². The summed E-state index contributed by atoms with van der Waals surface area (Å²) in [5, 5.41) is 5.42. The van der Waals surface area contributed by atoms with E-state index in [1.165, 1.54) is 0 Å². The predicted molar refractivity (Wildman–Crippen MR) is 66.0 cm³/mol. The summed E-state index contributed by atoms with van der Waals surface area (Å²) in [6, 6.07) is 7.58. The van der Waals surface area contributed by atoms with Crippen LogP contribution in [-0.2, 0) is 0 Å². The molecule has 1 aromatic rings. The Hall–Kier alpha value is -1.33. The van der Waals surface area contributed by atoms with Crippen molar-refractivity contribution in [1.29, 1.82) is 0 Å². The number of hydrogen-bond acceptors (Lipinski definition) is 3. The van der Waals surface area contributed by atoms with Crippen LogP contribution >= 0.6 is 12.2 Å². The fourth-order valence-corrected chi connectivity index (χ4v) is 1.19. The second-order valence-electron chi connectivity index (χ2n) is 2.94. The Morgan fingerprint density at radius 3 is 2.40 bits per heavy atom. The normalized spacial score (nSPS) is 9.53. The Balaban J connectivity index is 2.61. The van der Waals surface area contributed by atoms with Gasteiger partial charge in [0.2, 0.25) is 0 Å². The third kappa shape index (κ3) is 3.38. The highest BCUT2D eigenvalue weighted by Gasteiger charge is 2.01. The molecule has 0 aliphatic rings. The molecule has 0 bridgehead atoms. The van der Waals surface area contributed by atoms with E-state index in [0.29, 0.717) is 5.11 Å². The number of benzene rings is 1. The molecule has 0 aromatic heterocycles. The molecule has 0 fully saturated rings. The van der Waals surface area contributed by atoms with Gasteiger partial charge in [-0.1, -0.05) is 0 Å². The smallest absolute Gasteiger partial charge is 0.187 e. The molecule has 15 heavy (non-hydrogen) atoms. The third-order valence-corrected chi connectivity index (χ3v) is 2.36. The molecule has 1 rings (SSSR count). The van der Waals surface area contributed by atoms with E-state index in [-0.39, 0.29) is 0 Å². The number of hydrazine groups is 1. The Labute approximate surface area is 95.2 Å². The first kappa shape index (κ1) is 11.7. The van der Waals surface area contributed by atoms with E-state index in [0.717, 1.165) is 11.4 Å². The number of hydrogen-bond donors (Lipinski definition) is 2. The van der Waals surface area contributed by atoms with Gasteiger partial charge in [-0.25, -0.2) is 5.43 Å². The highest BCUT2D eigenvalue weighted by molar-refractivity contribution is 7.80. The molecule has 0 aliphatic heterocycles. The van der Waals surface area contributed by atoms with Gasteiger partial charge in [0.15, 0.2) is 5.11 Å². The lowest BCUT2D eigenvalue weighted by atomic mass is 10.3. The molecule has 0 saturated heterocycles. The zero-order chi connectivity index (χ0) is 11.3. The molecule has 2 N–H and O–H groups in total. The first-order valence-electron chi connectivity index (χ1n) is 4.53. The first-order chi connectivity index (χ1) is 7.17. The zero-order valence-electron chi connectivity index (χ0n) is 9.07. The standard InChI is InChI=1S/C10H15N3OS/c1-11-13(2)10(15)12-8-4-6-9(14-3)7-5-8/h4-7,11H,1-3H3,(H,12,15). The van der Waals surface area contributed by atoms with Crippen molar-refractivity contribution in [2.24, 2.45) is 0 Å². The van der Waals surface area contributed by atoms with E-state index in [4.69, 9.17) is 17.0 Å². The van der Waals surface area contributed by atoms with Gasteiger partial charge < -0.3 is 10.1 Å². The molecule has 0 aliphatic carbocycles. The SMILES string of the molecule is CNN(C)C(=S)Nc1ccc(OC)cc1. The van der Waals surface area contributed by atoms with Crippen LogP contribution in [0.1, 0.15) is 0 Å². The quantitative estimate of drug-likeness (QED) is 0.601. The van der Waals surface area contributed by atoms with Crippen molar-refractivity contribution in [3.05, 3.63) is 24.3 Å². The number of anilines is 1. The molecule has 0 spiro atoms. The van der Waals surface area contributed by atoms with E-state index in [1.54, 1.807) is 12.1 Å². The van der Waals surface area contributed by atoms with Gasteiger partial charge in [0.25, 0.3) is 0 Å². The zero-order valence-corrected chi connectivity index (χ0v) is 9.89. The molecule has 0 saturated carbocycles. The lowest BCUT2D eigenvalue weighted by Gasteiger charge is -2.19. The van der Waals surface area contributed by atoms with Crippen LogP contribution in [0, 0.1) is 0 Å². The maximum atomic E-state index is 5.14. The van der Waals surface area contributed by atoms with E-state index in [2.05, 4.69) is 10.7 Å². The van der Waals surface area contributed by atoms with E-state index in [9.17, 15) is 0 Å². The summed E-state index contributed by atoms with van der Waals surface area (Å²) < 4.78 is 5.06. The van der Waals surface area contributed by atoms with Crippen molar-refractivity contribution < 1.29 is 4.74 Å². The molecule has 0 amide bonds. The molecular weight excluding hydrogens is 210 g/mol.